The van der Waals surface area contributed by atoms with Crippen molar-refractivity contribution in [2.75, 3.05) is 0 Å². The Kier molecular flexibility index (Phi) is 4.88. The third-order valence-corrected chi connectivity index (χ3v) is 1.73. The minimum Gasteiger partial charge on any atom is -0.256 e. The van der Waals surface area contributed by atoms with Gasteiger partial charge < -0.3 is 0 Å². The van der Waals surface area contributed by atoms with Gasteiger partial charge in [-0.25, -0.2) is 0 Å². The van der Waals surface area contributed by atoms with Crippen LogP contribution >= 0.6 is 0 Å². The first-order valence-corrected chi connectivity index (χ1v) is 5.54. The maximum atomic E-state index is 8.67. The zero-order chi connectivity index (χ0) is 11.8. The zero-order valence-corrected chi connectivity index (χ0v) is 9.18. The molecule has 0 aliphatic heterocycles. The Bertz CT molecular complexity index is 479. The number of nitrogens with zero attached hydrogens (tertiary/aromatic N) is 1. The molecule has 0 amide bonds. The lowest BCUT2D eigenvalue weighted by atomic mass is 10.1. The first-order valence-electron chi connectivity index (χ1n) is 4.47. The molecule has 2 rings (SSSR count). The van der Waals surface area contributed by atoms with Gasteiger partial charge in [-0.15, -0.1) is 0 Å². The molecule has 1 heterocycles. The summed E-state index contributed by atoms with van der Waals surface area (Å²) in [4.78, 5) is 4.25. The van der Waals surface area contributed by atoms with Crippen molar-refractivity contribution in [1.82, 2.24) is 4.98 Å². The quantitative estimate of drug-likeness (QED) is 0.823. The molecule has 0 atom stereocenters. The lowest BCUT2D eigenvalue weighted by Gasteiger charge is -1.97. The summed E-state index contributed by atoms with van der Waals surface area (Å²) in [7, 11) is -2.61. The fourth-order valence-corrected chi connectivity index (χ4v) is 1.14. The van der Waals surface area contributed by atoms with Crippen molar-refractivity contribution in [3.63, 3.8) is 0 Å². The van der Waals surface area contributed by atoms with Crippen LogP contribution in [0.25, 0.3) is 11.3 Å². The molecule has 2 aromatic rings. The monoisotopic (exact) mass is 234 g/mol. The van der Waals surface area contributed by atoms with E-state index in [-0.39, 0.29) is 0 Å². The van der Waals surface area contributed by atoms with E-state index in [4.69, 9.17) is 13.2 Å². The second-order valence-electron chi connectivity index (χ2n) is 2.82. The minimum atomic E-state index is -2.61. The van der Waals surface area contributed by atoms with Crippen molar-refractivity contribution in [3.05, 3.63) is 54.7 Å². The summed E-state index contributed by atoms with van der Waals surface area (Å²) >= 11 is 0. The van der Waals surface area contributed by atoms with Crippen molar-refractivity contribution in [1.29, 1.82) is 4.78 Å². The van der Waals surface area contributed by atoms with Gasteiger partial charge in [0, 0.05) is 11.8 Å². The van der Waals surface area contributed by atoms with Crippen LogP contribution in [0.1, 0.15) is 0 Å². The van der Waals surface area contributed by atoms with Crippen LogP contribution in [0.5, 0.6) is 0 Å². The summed E-state index contributed by atoms with van der Waals surface area (Å²) < 4.78 is 22.8. The lowest BCUT2D eigenvalue weighted by Crippen LogP contribution is -1.79. The van der Waals surface area contributed by atoms with Crippen LogP contribution in [0, 0.1) is 4.78 Å². The number of hydrogen-bond donors (Lipinski definition) is 1. The Morgan fingerprint density at radius 2 is 1.50 bits per heavy atom. The van der Waals surface area contributed by atoms with Crippen LogP contribution < -0.4 is 0 Å². The molecule has 1 N–H and O–H groups in total. The van der Waals surface area contributed by atoms with Gasteiger partial charge in [0.1, 0.15) is 0 Å². The molecule has 0 unspecified atom stereocenters. The molecule has 0 bridgehead atoms. The highest BCUT2D eigenvalue weighted by atomic mass is 32.2. The van der Waals surface area contributed by atoms with E-state index in [0.29, 0.717) is 0 Å². The molecule has 0 aliphatic carbocycles. The SMILES string of the molecule is N=S(=O)=O.c1ccc(-c2ccccn2)cc1. The third kappa shape index (κ3) is 4.47. The molecule has 0 fully saturated rings. The van der Waals surface area contributed by atoms with Gasteiger partial charge in [0.2, 0.25) is 0 Å². The molecule has 5 heteroatoms. The van der Waals surface area contributed by atoms with Gasteiger partial charge >= 0.3 is 10.5 Å². The Morgan fingerprint density at radius 3 is 2.00 bits per heavy atom. The summed E-state index contributed by atoms with van der Waals surface area (Å²) in [6.45, 7) is 0. The molecule has 0 spiro atoms. The largest absolute Gasteiger partial charge is 0.308 e. The number of aromatic nitrogens is 1. The molecule has 0 aliphatic rings. The minimum absolute atomic E-state index is 1.03. The summed E-state index contributed by atoms with van der Waals surface area (Å²) in [5.74, 6) is 0. The van der Waals surface area contributed by atoms with E-state index in [0.717, 1.165) is 11.3 Å². The second kappa shape index (κ2) is 6.47. The summed E-state index contributed by atoms with van der Waals surface area (Å²) in [5.41, 5.74) is 2.19. The predicted octanol–water partition coefficient (Wildman–Crippen LogP) is 2.38. The Morgan fingerprint density at radius 1 is 0.938 bits per heavy atom. The molecule has 82 valence electrons. The predicted molar refractivity (Wildman–Crippen MR) is 61.3 cm³/mol. The number of nitrogens with one attached hydrogen (secondary N) is 1. The Balaban J connectivity index is 0.000000280. The van der Waals surface area contributed by atoms with Gasteiger partial charge in [-0.3, -0.25) is 4.98 Å². The van der Waals surface area contributed by atoms with Gasteiger partial charge in [-0.1, -0.05) is 36.4 Å². The molecule has 4 nitrogen and oxygen atoms in total. The highest BCUT2D eigenvalue weighted by Crippen LogP contribution is 2.14. The van der Waals surface area contributed by atoms with Crippen LogP contribution in [0.3, 0.4) is 0 Å². The fourth-order valence-electron chi connectivity index (χ4n) is 1.14. The molecule has 0 saturated heterocycles. The standard InChI is InChI=1S/C11H9N.HNO2S/c1-2-6-10(7-3-1)11-8-4-5-9-12-11;1-4(2)3/h1-9H;1H. The van der Waals surface area contributed by atoms with E-state index in [1.54, 1.807) is 0 Å². The van der Waals surface area contributed by atoms with Crippen molar-refractivity contribution < 1.29 is 8.42 Å². The van der Waals surface area contributed by atoms with Crippen LogP contribution in [-0.2, 0) is 10.5 Å². The highest BCUT2D eigenvalue weighted by molar-refractivity contribution is 7.60. The van der Waals surface area contributed by atoms with Gasteiger partial charge in [-0.05, 0) is 12.1 Å². The fraction of sp³-hybridized carbons (Fsp3) is 0. The smallest absolute Gasteiger partial charge is 0.256 e. The van der Waals surface area contributed by atoms with Crippen LogP contribution in [0.15, 0.2) is 54.7 Å². The normalized spacial score (nSPS) is 8.75. The van der Waals surface area contributed by atoms with Crippen molar-refractivity contribution >= 4 is 10.5 Å². The number of rotatable bonds is 1. The van der Waals surface area contributed by atoms with Crippen LogP contribution in [0.2, 0.25) is 0 Å². The second-order valence-corrected chi connectivity index (χ2v) is 3.29. The summed E-state index contributed by atoms with van der Waals surface area (Å²) in [6, 6.07) is 16.1. The zero-order valence-electron chi connectivity index (χ0n) is 8.37. The Labute approximate surface area is 95.1 Å². The number of hydrogen-bond acceptors (Lipinski definition) is 4. The van der Waals surface area contributed by atoms with Crippen molar-refractivity contribution in [2.24, 2.45) is 0 Å². The van der Waals surface area contributed by atoms with Crippen molar-refractivity contribution in [2.45, 2.75) is 0 Å². The van der Waals surface area contributed by atoms with Crippen LogP contribution in [-0.4, -0.2) is 13.4 Å². The molecule has 0 radical (unpaired) electrons. The molecule has 1 aromatic heterocycles. The van der Waals surface area contributed by atoms with Gasteiger partial charge in [0.15, 0.2) is 0 Å². The maximum Gasteiger partial charge on any atom is 0.308 e. The maximum absolute atomic E-state index is 8.67. The number of benzene rings is 1. The molecule has 16 heavy (non-hydrogen) atoms. The van der Waals surface area contributed by atoms with Crippen molar-refractivity contribution in [3.8, 4) is 11.3 Å². The lowest BCUT2D eigenvalue weighted by molar-refractivity contribution is 0.620. The van der Waals surface area contributed by atoms with E-state index < -0.39 is 10.5 Å². The van der Waals surface area contributed by atoms with E-state index in [2.05, 4.69) is 17.1 Å². The average molecular weight is 234 g/mol. The third-order valence-electron chi connectivity index (χ3n) is 1.73. The molecular weight excluding hydrogens is 224 g/mol. The molecule has 1 aromatic carbocycles. The highest BCUT2D eigenvalue weighted by Gasteiger charge is 1.93. The van der Waals surface area contributed by atoms with Gasteiger partial charge in [0.25, 0.3) is 0 Å². The Hall–Kier alpha value is -2.01. The van der Waals surface area contributed by atoms with E-state index in [1.807, 2.05) is 42.6 Å². The molecular formula is C11H10N2O2S. The van der Waals surface area contributed by atoms with E-state index in [9.17, 15) is 0 Å². The summed E-state index contributed by atoms with van der Waals surface area (Å²) in [6.07, 6.45) is 1.81. The first-order chi connectivity index (χ1) is 7.70. The van der Waals surface area contributed by atoms with Crippen LogP contribution in [0.4, 0.5) is 0 Å². The van der Waals surface area contributed by atoms with E-state index in [1.165, 1.54) is 0 Å². The summed E-state index contributed by atoms with van der Waals surface area (Å²) in [5, 5.41) is 0. The van der Waals surface area contributed by atoms with Gasteiger partial charge in [-0.2, -0.15) is 13.2 Å². The number of pyridine rings is 1. The molecule has 0 saturated carbocycles. The van der Waals surface area contributed by atoms with E-state index >= 15 is 0 Å². The topological polar surface area (TPSA) is 70.9 Å². The first kappa shape index (κ1) is 12.1. The van der Waals surface area contributed by atoms with Gasteiger partial charge in [0.05, 0.1) is 5.69 Å². The average Bonchev–Trinajstić information content (AvgIpc) is 2.31.